The predicted molar refractivity (Wildman–Crippen MR) is 93.3 cm³/mol. The lowest BCUT2D eigenvalue weighted by Gasteiger charge is -2.23. The van der Waals surface area contributed by atoms with Gasteiger partial charge < -0.3 is 10.3 Å². The zero-order chi connectivity index (χ0) is 14.9. The molecule has 0 bridgehead atoms. The molecule has 5 nitrogen and oxygen atoms in total. The van der Waals surface area contributed by atoms with Gasteiger partial charge >= 0.3 is 0 Å². The third-order valence-corrected chi connectivity index (χ3v) is 4.38. The third-order valence-electron chi connectivity index (χ3n) is 4.38. The maximum Gasteiger partial charge on any atom is 0.251 e. The Balaban J connectivity index is 0.00000156. The molecule has 1 aromatic carbocycles. The van der Waals surface area contributed by atoms with Crippen molar-refractivity contribution in [3.8, 4) is 11.1 Å². The van der Waals surface area contributed by atoms with Crippen LogP contribution in [0.3, 0.4) is 0 Å². The number of halogens is 1. The van der Waals surface area contributed by atoms with Crippen LogP contribution < -0.4 is 10.9 Å². The van der Waals surface area contributed by atoms with Crippen molar-refractivity contribution in [2.45, 2.75) is 18.8 Å². The molecule has 0 amide bonds. The summed E-state index contributed by atoms with van der Waals surface area (Å²) in [6.45, 7) is 1.98. The molecular formula is C17H19ClN4O. The van der Waals surface area contributed by atoms with E-state index < -0.39 is 0 Å². The summed E-state index contributed by atoms with van der Waals surface area (Å²) in [5.74, 6) is 0.384. The van der Waals surface area contributed by atoms with Crippen molar-refractivity contribution in [1.82, 2.24) is 19.9 Å². The molecule has 2 aromatic heterocycles. The topological polar surface area (TPSA) is 62.2 Å². The Hall–Kier alpha value is -2.11. The van der Waals surface area contributed by atoms with Gasteiger partial charge in [-0.3, -0.25) is 4.79 Å². The molecule has 3 heterocycles. The van der Waals surface area contributed by atoms with Crippen molar-refractivity contribution in [2.24, 2.45) is 0 Å². The summed E-state index contributed by atoms with van der Waals surface area (Å²) in [5, 5.41) is 7.90. The van der Waals surface area contributed by atoms with Crippen LogP contribution in [0.25, 0.3) is 16.8 Å². The molecular weight excluding hydrogens is 312 g/mol. The fraction of sp³-hybridized carbons (Fsp3) is 0.294. The zero-order valence-corrected chi connectivity index (χ0v) is 13.5. The molecule has 1 saturated heterocycles. The summed E-state index contributed by atoms with van der Waals surface area (Å²) in [7, 11) is 0. The molecule has 0 radical (unpaired) electrons. The summed E-state index contributed by atoms with van der Waals surface area (Å²) in [6, 6.07) is 11.7. The van der Waals surface area contributed by atoms with Crippen molar-refractivity contribution in [3.63, 3.8) is 0 Å². The number of aromatic amines is 1. The number of nitrogens with one attached hydrogen (secondary N) is 2. The number of hydrogen-bond donors (Lipinski definition) is 2. The second kappa shape index (κ2) is 6.56. The van der Waals surface area contributed by atoms with Gasteiger partial charge in [-0.15, -0.1) is 12.4 Å². The Bertz CT molecular complexity index is 850. The molecule has 1 aliphatic rings. The van der Waals surface area contributed by atoms with Gasteiger partial charge in [-0.2, -0.15) is 5.10 Å². The van der Waals surface area contributed by atoms with Crippen LogP contribution >= 0.6 is 12.4 Å². The van der Waals surface area contributed by atoms with Crippen LogP contribution in [-0.2, 0) is 0 Å². The zero-order valence-electron chi connectivity index (χ0n) is 12.7. The second-order valence-corrected chi connectivity index (χ2v) is 5.77. The van der Waals surface area contributed by atoms with Gasteiger partial charge in [0.2, 0.25) is 0 Å². The van der Waals surface area contributed by atoms with Crippen LogP contribution in [0.2, 0.25) is 0 Å². The van der Waals surface area contributed by atoms with Crippen molar-refractivity contribution < 1.29 is 0 Å². The molecule has 0 spiro atoms. The lowest BCUT2D eigenvalue weighted by molar-refractivity contribution is 0.446. The molecule has 23 heavy (non-hydrogen) atoms. The molecule has 4 rings (SSSR count). The summed E-state index contributed by atoms with van der Waals surface area (Å²) in [5.41, 5.74) is 3.78. The van der Waals surface area contributed by atoms with E-state index in [0.29, 0.717) is 5.92 Å². The molecule has 0 aliphatic carbocycles. The number of H-pyrrole nitrogens is 1. The van der Waals surface area contributed by atoms with E-state index in [-0.39, 0.29) is 18.0 Å². The van der Waals surface area contributed by atoms with Crippen LogP contribution in [0.5, 0.6) is 0 Å². The molecule has 0 saturated carbocycles. The van der Waals surface area contributed by atoms with Crippen molar-refractivity contribution in [2.75, 3.05) is 13.1 Å². The first-order valence-electron chi connectivity index (χ1n) is 7.70. The maximum absolute atomic E-state index is 12.1. The van der Waals surface area contributed by atoms with E-state index in [4.69, 9.17) is 0 Å². The number of piperidine rings is 1. The number of aromatic nitrogens is 3. The van der Waals surface area contributed by atoms with Gasteiger partial charge in [-0.1, -0.05) is 30.3 Å². The van der Waals surface area contributed by atoms with E-state index >= 15 is 0 Å². The molecule has 1 aliphatic heterocycles. The molecule has 120 valence electrons. The summed E-state index contributed by atoms with van der Waals surface area (Å²) in [6.07, 6.45) is 3.92. The average Bonchev–Trinajstić information content (AvgIpc) is 2.99. The van der Waals surface area contributed by atoms with Gasteiger partial charge in [0, 0.05) is 17.5 Å². The van der Waals surface area contributed by atoms with Gasteiger partial charge in [-0.05, 0) is 31.5 Å². The van der Waals surface area contributed by atoms with Crippen LogP contribution in [0.15, 0.2) is 47.4 Å². The number of hydrogen-bond acceptors (Lipinski definition) is 3. The third kappa shape index (κ3) is 2.90. The van der Waals surface area contributed by atoms with Crippen LogP contribution in [0.4, 0.5) is 0 Å². The van der Waals surface area contributed by atoms with Gasteiger partial charge in [0.15, 0.2) is 0 Å². The highest BCUT2D eigenvalue weighted by Crippen LogP contribution is 2.28. The maximum atomic E-state index is 12.1. The molecule has 1 fully saturated rings. The van der Waals surface area contributed by atoms with E-state index in [1.807, 2.05) is 41.0 Å². The first-order chi connectivity index (χ1) is 10.8. The van der Waals surface area contributed by atoms with Gasteiger partial charge in [0.25, 0.3) is 5.56 Å². The Labute approximate surface area is 140 Å². The lowest BCUT2D eigenvalue weighted by Crippen LogP contribution is -2.28. The van der Waals surface area contributed by atoms with Crippen LogP contribution in [-0.4, -0.2) is 27.7 Å². The number of fused-ring (bicyclic) bond motifs is 1. The summed E-state index contributed by atoms with van der Waals surface area (Å²) >= 11 is 0. The van der Waals surface area contributed by atoms with Gasteiger partial charge in [-0.25, -0.2) is 4.52 Å². The minimum absolute atomic E-state index is 0. The van der Waals surface area contributed by atoms with Gasteiger partial charge in [0.1, 0.15) is 5.65 Å². The number of nitrogens with zero attached hydrogens (tertiary/aromatic N) is 2. The van der Waals surface area contributed by atoms with Crippen LogP contribution in [0, 0.1) is 0 Å². The van der Waals surface area contributed by atoms with Crippen molar-refractivity contribution in [3.05, 3.63) is 58.6 Å². The quantitative estimate of drug-likeness (QED) is 0.759. The first kappa shape index (κ1) is 15.8. The largest absolute Gasteiger partial charge is 0.317 e. The highest BCUT2D eigenvalue weighted by molar-refractivity contribution is 5.85. The van der Waals surface area contributed by atoms with E-state index in [2.05, 4.69) is 15.4 Å². The second-order valence-electron chi connectivity index (χ2n) is 5.77. The number of benzene rings is 1. The fourth-order valence-electron chi connectivity index (χ4n) is 3.25. The standard InChI is InChI=1S/C17H18N4O.ClH/c22-16-10-15(13-6-8-18-9-7-13)21-17(20-16)14(11-19-21)12-4-2-1-3-5-12;/h1-5,10-11,13,18H,6-9H2,(H,20,22);1H. The van der Waals surface area contributed by atoms with E-state index in [1.54, 1.807) is 6.07 Å². The SMILES string of the molecule is Cl.O=c1cc(C2CCNCC2)n2ncc(-c3ccccc3)c2[nH]1. The fourth-order valence-corrected chi connectivity index (χ4v) is 3.25. The Morgan fingerprint density at radius 3 is 2.61 bits per heavy atom. The minimum atomic E-state index is -0.0567. The molecule has 0 atom stereocenters. The molecule has 0 unspecified atom stereocenters. The van der Waals surface area contributed by atoms with E-state index in [9.17, 15) is 4.79 Å². The average molecular weight is 331 g/mol. The first-order valence-corrected chi connectivity index (χ1v) is 7.70. The van der Waals surface area contributed by atoms with Gasteiger partial charge in [0.05, 0.1) is 11.9 Å². The highest BCUT2D eigenvalue weighted by atomic mass is 35.5. The smallest absolute Gasteiger partial charge is 0.251 e. The normalized spacial score (nSPS) is 15.5. The Kier molecular flexibility index (Phi) is 4.50. The molecule has 2 N–H and O–H groups in total. The summed E-state index contributed by atoms with van der Waals surface area (Å²) < 4.78 is 1.90. The minimum Gasteiger partial charge on any atom is -0.317 e. The monoisotopic (exact) mass is 330 g/mol. The lowest BCUT2D eigenvalue weighted by atomic mass is 9.94. The Morgan fingerprint density at radius 1 is 1.13 bits per heavy atom. The van der Waals surface area contributed by atoms with E-state index in [1.165, 1.54) is 0 Å². The predicted octanol–water partition coefficient (Wildman–Crippen LogP) is 2.58. The van der Waals surface area contributed by atoms with E-state index in [0.717, 1.165) is 48.4 Å². The Morgan fingerprint density at radius 2 is 1.87 bits per heavy atom. The van der Waals surface area contributed by atoms with Crippen molar-refractivity contribution in [1.29, 1.82) is 0 Å². The van der Waals surface area contributed by atoms with Crippen LogP contribution in [0.1, 0.15) is 24.5 Å². The molecule has 3 aromatic rings. The highest BCUT2D eigenvalue weighted by Gasteiger charge is 2.20. The molecule has 6 heteroatoms. The number of rotatable bonds is 2. The van der Waals surface area contributed by atoms with Crippen molar-refractivity contribution >= 4 is 18.1 Å². The summed E-state index contributed by atoms with van der Waals surface area (Å²) in [4.78, 5) is 15.1.